The van der Waals surface area contributed by atoms with Gasteiger partial charge in [0, 0.05) is 23.6 Å². The second kappa shape index (κ2) is 4.09. The highest BCUT2D eigenvalue weighted by Gasteiger charge is 2.06. The minimum absolute atomic E-state index is 0.121. The van der Waals surface area contributed by atoms with E-state index in [1.54, 1.807) is 12.3 Å². The number of benzene rings is 1. The predicted molar refractivity (Wildman–Crippen MR) is 70.7 cm³/mol. The number of pyridine rings is 1. The first-order valence-corrected chi connectivity index (χ1v) is 5.56. The van der Waals surface area contributed by atoms with Crippen LogP contribution in [0.25, 0.3) is 5.69 Å². The van der Waals surface area contributed by atoms with E-state index in [4.69, 9.17) is 5.73 Å². The number of hydrogen-bond acceptors (Lipinski definition) is 2. The van der Waals surface area contributed by atoms with E-state index in [0.29, 0.717) is 0 Å². The Morgan fingerprint density at radius 2 is 1.88 bits per heavy atom. The molecule has 0 unspecified atom stereocenters. The molecular formula is C14H16N2O. The Kier molecular flexibility index (Phi) is 2.76. The topological polar surface area (TPSA) is 48.0 Å². The van der Waals surface area contributed by atoms with E-state index in [9.17, 15) is 4.79 Å². The number of hydrogen-bond donors (Lipinski definition) is 1. The molecule has 1 aromatic carbocycles. The van der Waals surface area contributed by atoms with Gasteiger partial charge in [-0.2, -0.15) is 0 Å². The summed E-state index contributed by atoms with van der Waals surface area (Å²) in [5, 5.41) is 0. The van der Waals surface area contributed by atoms with Crippen molar-refractivity contribution in [1.29, 1.82) is 0 Å². The van der Waals surface area contributed by atoms with E-state index in [0.717, 1.165) is 11.4 Å². The molecule has 1 heterocycles. The number of nitrogens with zero attached hydrogens (tertiary/aromatic N) is 1. The molecule has 0 saturated carbocycles. The first kappa shape index (κ1) is 11.5. The average molecular weight is 228 g/mol. The van der Waals surface area contributed by atoms with E-state index in [2.05, 4.69) is 19.9 Å². The van der Waals surface area contributed by atoms with Crippen molar-refractivity contribution in [2.24, 2.45) is 0 Å². The van der Waals surface area contributed by atoms with Gasteiger partial charge in [0.2, 0.25) is 5.43 Å². The summed E-state index contributed by atoms with van der Waals surface area (Å²) in [5.41, 5.74) is 10.2. The first-order chi connectivity index (χ1) is 8.00. The zero-order chi connectivity index (χ0) is 12.6. The number of anilines is 1. The van der Waals surface area contributed by atoms with Gasteiger partial charge >= 0.3 is 0 Å². The summed E-state index contributed by atoms with van der Waals surface area (Å²) >= 11 is 0. The van der Waals surface area contributed by atoms with Gasteiger partial charge in [0.15, 0.2) is 0 Å². The SMILES string of the molecule is Cc1cccc(-n2cc(N)c(=O)cc2C)c1C. The standard InChI is InChI=1S/C14H16N2O/c1-9-5-4-6-13(11(9)3)16-8-12(15)14(17)7-10(16)2/h4-8H,15H2,1-3H3. The Hall–Kier alpha value is -2.03. The third kappa shape index (κ3) is 1.96. The summed E-state index contributed by atoms with van der Waals surface area (Å²) in [5.74, 6) is 0. The lowest BCUT2D eigenvalue weighted by Gasteiger charge is -2.15. The van der Waals surface area contributed by atoms with Gasteiger partial charge in [-0.05, 0) is 38.0 Å². The summed E-state index contributed by atoms with van der Waals surface area (Å²) in [6, 6.07) is 7.67. The van der Waals surface area contributed by atoms with Gasteiger partial charge in [-0.25, -0.2) is 0 Å². The Labute approximate surface area is 101 Å². The van der Waals surface area contributed by atoms with Crippen LogP contribution >= 0.6 is 0 Å². The van der Waals surface area contributed by atoms with Crippen molar-refractivity contribution >= 4 is 5.69 Å². The maximum absolute atomic E-state index is 11.4. The highest BCUT2D eigenvalue weighted by Crippen LogP contribution is 2.19. The van der Waals surface area contributed by atoms with Crippen LogP contribution in [-0.4, -0.2) is 4.57 Å². The quantitative estimate of drug-likeness (QED) is 0.814. The predicted octanol–water partition coefficient (Wildman–Crippen LogP) is 2.34. The number of rotatable bonds is 1. The number of aromatic nitrogens is 1. The second-order valence-corrected chi connectivity index (χ2v) is 4.32. The van der Waals surface area contributed by atoms with Crippen molar-refractivity contribution in [3.05, 3.63) is 57.5 Å². The number of aryl methyl sites for hydroxylation is 2. The largest absolute Gasteiger partial charge is 0.394 e. The summed E-state index contributed by atoms with van der Waals surface area (Å²) in [4.78, 5) is 11.4. The first-order valence-electron chi connectivity index (χ1n) is 5.56. The van der Waals surface area contributed by atoms with Crippen LogP contribution in [0.5, 0.6) is 0 Å². The van der Waals surface area contributed by atoms with Crippen molar-refractivity contribution in [3.8, 4) is 5.69 Å². The molecule has 0 aliphatic rings. The molecular weight excluding hydrogens is 212 g/mol. The zero-order valence-electron chi connectivity index (χ0n) is 10.3. The maximum Gasteiger partial charge on any atom is 0.204 e. The summed E-state index contributed by atoms with van der Waals surface area (Å²) in [6.07, 6.45) is 1.69. The molecule has 3 heteroatoms. The summed E-state index contributed by atoms with van der Waals surface area (Å²) < 4.78 is 1.96. The van der Waals surface area contributed by atoms with Gasteiger partial charge in [0.25, 0.3) is 0 Å². The van der Waals surface area contributed by atoms with Crippen LogP contribution in [0.15, 0.2) is 35.3 Å². The molecule has 0 amide bonds. The van der Waals surface area contributed by atoms with Crippen LogP contribution < -0.4 is 11.2 Å². The third-order valence-corrected chi connectivity index (χ3v) is 3.11. The lowest BCUT2D eigenvalue weighted by molar-refractivity contribution is 0.962. The normalized spacial score (nSPS) is 10.5. The second-order valence-electron chi connectivity index (χ2n) is 4.32. The van der Waals surface area contributed by atoms with Crippen molar-refractivity contribution in [2.45, 2.75) is 20.8 Å². The number of nitrogens with two attached hydrogens (primary N) is 1. The number of nitrogen functional groups attached to an aromatic ring is 1. The highest BCUT2D eigenvalue weighted by molar-refractivity contribution is 5.48. The molecule has 0 fully saturated rings. The molecule has 0 atom stereocenters. The molecule has 2 N–H and O–H groups in total. The third-order valence-electron chi connectivity index (χ3n) is 3.11. The Morgan fingerprint density at radius 1 is 1.18 bits per heavy atom. The molecule has 0 aliphatic heterocycles. The Bertz CT molecular complexity index is 627. The van der Waals surface area contributed by atoms with Crippen LogP contribution in [0.4, 0.5) is 5.69 Å². The fraction of sp³-hybridized carbons (Fsp3) is 0.214. The highest BCUT2D eigenvalue weighted by atomic mass is 16.1. The van der Waals surface area contributed by atoms with Gasteiger partial charge in [-0.1, -0.05) is 12.1 Å². The van der Waals surface area contributed by atoms with Crippen LogP contribution in [0, 0.1) is 20.8 Å². The van der Waals surface area contributed by atoms with Gasteiger partial charge in [-0.15, -0.1) is 0 Å². The average Bonchev–Trinajstić information content (AvgIpc) is 2.28. The molecule has 1 aromatic heterocycles. The summed E-state index contributed by atoms with van der Waals surface area (Å²) in [6.45, 7) is 6.04. The van der Waals surface area contributed by atoms with Crippen LogP contribution in [0.3, 0.4) is 0 Å². The van der Waals surface area contributed by atoms with Gasteiger partial charge < -0.3 is 10.3 Å². The maximum atomic E-state index is 11.4. The van der Waals surface area contributed by atoms with Crippen molar-refractivity contribution in [1.82, 2.24) is 4.57 Å². The Balaban J connectivity index is 2.73. The fourth-order valence-electron chi connectivity index (χ4n) is 1.90. The van der Waals surface area contributed by atoms with E-state index < -0.39 is 0 Å². The molecule has 0 aliphatic carbocycles. The lowest BCUT2D eigenvalue weighted by atomic mass is 10.1. The summed E-state index contributed by atoms with van der Waals surface area (Å²) in [7, 11) is 0. The van der Waals surface area contributed by atoms with Gasteiger partial charge in [-0.3, -0.25) is 4.79 Å². The minimum Gasteiger partial charge on any atom is -0.394 e. The minimum atomic E-state index is -0.121. The molecule has 0 spiro atoms. The molecule has 3 nitrogen and oxygen atoms in total. The van der Waals surface area contributed by atoms with Crippen LogP contribution in [0.1, 0.15) is 16.8 Å². The Morgan fingerprint density at radius 3 is 2.59 bits per heavy atom. The molecule has 0 saturated heterocycles. The van der Waals surface area contributed by atoms with E-state index >= 15 is 0 Å². The van der Waals surface area contributed by atoms with Crippen molar-refractivity contribution in [3.63, 3.8) is 0 Å². The van der Waals surface area contributed by atoms with E-state index in [1.165, 1.54) is 11.1 Å². The van der Waals surface area contributed by atoms with Gasteiger partial charge in [0.05, 0.1) is 5.69 Å². The molecule has 0 radical (unpaired) electrons. The molecule has 2 rings (SSSR count). The van der Waals surface area contributed by atoms with E-state index in [-0.39, 0.29) is 11.1 Å². The fourth-order valence-corrected chi connectivity index (χ4v) is 1.90. The van der Waals surface area contributed by atoms with Crippen molar-refractivity contribution in [2.75, 3.05) is 5.73 Å². The van der Waals surface area contributed by atoms with Crippen molar-refractivity contribution < 1.29 is 0 Å². The smallest absolute Gasteiger partial charge is 0.204 e. The van der Waals surface area contributed by atoms with Crippen LogP contribution in [-0.2, 0) is 0 Å². The van der Waals surface area contributed by atoms with Gasteiger partial charge in [0.1, 0.15) is 0 Å². The molecule has 0 bridgehead atoms. The lowest BCUT2D eigenvalue weighted by Crippen LogP contribution is -2.13. The molecule has 17 heavy (non-hydrogen) atoms. The van der Waals surface area contributed by atoms with E-state index in [1.807, 2.05) is 23.6 Å². The van der Waals surface area contributed by atoms with Crippen LogP contribution in [0.2, 0.25) is 0 Å². The monoisotopic (exact) mass is 228 g/mol. The molecule has 2 aromatic rings. The zero-order valence-corrected chi connectivity index (χ0v) is 10.3. The molecule has 88 valence electrons.